The van der Waals surface area contributed by atoms with Gasteiger partial charge in [-0.25, -0.2) is 9.59 Å². The fourth-order valence-corrected chi connectivity index (χ4v) is 21.1. The van der Waals surface area contributed by atoms with Crippen molar-refractivity contribution in [3.63, 3.8) is 0 Å². The maximum atomic E-state index is 15.0. The first-order valence-corrected chi connectivity index (χ1v) is 50.8. The van der Waals surface area contributed by atoms with Gasteiger partial charge in [-0.1, -0.05) is 79.4 Å². The van der Waals surface area contributed by atoms with Crippen LogP contribution in [0.25, 0.3) is 0 Å². The van der Waals surface area contributed by atoms with Gasteiger partial charge in [0.05, 0.1) is 176 Å². The first-order chi connectivity index (χ1) is 66.7. The molecule has 0 aliphatic heterocycles. The average Bonchev–Trinajstić information content (AvgIpc) is 1.57. The topological polar surface area (TPSA) is 505 Å². The van der Waals surface area contributed by atoms with Gasteiger partial charge in [0.15, 0.2) is 0 Å². The number of phenolic OH excluding ortho intramolecular Hbond substituents is 1. The average molecular weight is 1950 g/mol. The predicted molar refractivity (Wildman–Crippen MR) is 522 cm³/mol. The number of quaternary nitrogens is 1. The standard InChI is InChI=1S/C102H162N14O23/c1-69(2)90(94(125)112-81(26-19-43-108-97(104)128)91(122)113-82(66-117)93(124)110-72-32-28-70-30-34-84-99(3,77(70)64-72)38-20-40-101(84,5)95(126)115-96(127)102(6)41-21-39-100(4)78-65-73(118)33-29-71(78)31-35-85(100)102)114-92(123)80(111-87(120)37-49-131-53-57-135-61-63-137-59-55-133-51-46-109-98(129)139-67-76-74-22-13-10-11-14-23-75(74)76)25-17-18-42-106-88(121)68-138-83-27-16-12-15-24-79(89(83)103)105-45-50-132-54-58-136-62-60-134-56-52-130-48-36-86(119)107-44-47-116(7,8)9/h28-29,32-33,64-65,69,74-76,80-85,90,105,117H,12-27,30-31,34-63,66-68,103H2,1-9H3,(H12-,104,106,107,108,109,110,111,112,113,114,115,118,119,120,121,122,123,124,125,126,127,128,129)/p+1/b89-79-/t74-,75+,76-,80-,81+,82+,83?,84-,85-,90+,99-,100-,101+,102+/m1/s1. The molecule has 0 saturated heterocycles. The Bertz CT molecular complexity index is 4390. The normalized spacial score (nSPS) is 23.9. The number of rotatable bonds is 61. The number of aromatic hydroxyl groups is 1. The number of allylic oxidation sites excluding steroid dienone is 1. The van der Waals surface area contributed by atoms with E-state index in [2.05, 4.69) is 105 Å². The molecule has 1 unspecified atom stereocenters. The van der Waals surface area contributed by atoms with Crippen LogP contribution in [-0.4, -0.2) is 296 Å². The molecule has 37 heteroatoms. The van der Waals surface area contributed by atoms with E-state index in [-0.39, 0.29) is 125 Å². The Morgan fingerprint density at radius 1 is 0.504 bits per heavy atom. The van der Waals surface area contributed by atoms with E-state index >= 15 is 4.79 Å². The summed E-state index contributed by atoms with van der Waals surface area (Å²) >= 11 is 0. The number of benzene rings is 2. The lowest BCUT2D eigenvalue weighted by Crippen LogP contribution is -2.60. The number of carbonyl (C=O) groups is 11. The van der Waals surface area contributed by atoms with Crippen LogP contribution < -0.4 is 70.0 Å². The molecule has 0 heterocycles. The second-order valence-electron chi connectivity index (χ2n) is 40.4. The van der Waals surface area contributed by atoms with Crippen LogP contribution in [0.2, 0.25) is 0 Å². The first-order valence-electron chi connectivity index (χ1n) is 50.8. The number of nitrogens with two attached hydrogens (primary N) is 2. The maximum absolute atomic E-state index is 15.0. The van der Waals surface area contributed by atoms with Crippen molar-refractivity contribution in [3.8, 4) is 17.6 Å². The number of unbranched alkanes of at least 4 members (excludes halogenated alkanes) is 1. The number of urea groups is 1. The molecule has 139 heavy (non-hydrogen) atoms. The second-order valence-corrected chi connectivity index (χ2v) is 40.4. The zero-order valence-electron chi connectivity index (χ0n) is 83.9. The van der Waals surface area contributed by atoms with Gasteiger partial charge in [0.1, 0.15) is 36.5 Å². The molecule has 7 aliphatic carbocycles. The molecule has 2 aromatic rings. The van der Waals surface area contributed by atoms with E-state index in [0.717, 1.165) is 110 Å². The fourth-order valence-electron chi connectivity index (χ4n) is 21.1. The molecule has 0 radical (unpaired) electrons. The minimum absolute atomic E-state index is 0.0115. The highest BCUT2D eigenvalue weighted by molar-refractivity contribution is 6.02. The first kappa shape index (κ1) is 113. The number of phenols is 1. The van der Waals surface area contributed by atoms with Crippen LogP contribution in [0.3, 0.4) is 0 Å². The Labute approximate surface area is 821 Å². The highest BCUT2D eigenvalue weighted by atomic mass is 16.6. The largest absolute Gasteiger partial charge is 0.508 e. The molecule has 17 N–H and O–H groups in total. The van der Waals surface area contributed by atoms with Crippen LogP contribution >= 0.6 is 0 Å². The molecule has 0 aromatic heterocycles. The number of aryl methyl sites for hydroxylation is 2. The number of alkyl carbamates (subject to hydrolysis) is 1. The number of nitrogens with one attached hydrogen (secondary N) is 11. The van der Waals surface area contributed by atoms with E-state index in [1.807, 2.05) is 38.1 Å². The molecule has 3 saturated carbocycles. The number of imide groups is 1. The molecule has 3 fully saturated rings. The van der Waals surface area contributed by atoms with Crippen molar-refractivity contribution < 1.29 is 115 Å². The molecule has 2 aromatic carbocycles. The van der Waals surface area contributed by atoms with E-state index < -0.39 is 101 Å². The van der Waals surface area contributed by atoms with Crippen molar-refractivity contribution in [3.05, 3.63) is 70.0 Å². The van der Waals surface area contributed by atoms with E-state index in [0.29, 0.717) is 192 Å². The maximum Gasteiger partial charge on any atom is 0.407 e. The summed E-state index contributed by atoms with van der Waals surface area (Å²) in [7, 11) is 6.22. The summed E-state index contributed by atoms with van der Waals surface area (Å²) in [4.78, 5) is 152. The number of nitrogens with zero attached hydrogens (tertiary/aromatic N) is 1. The molecule has 0 bridgehead atoms. The molecule has 37 nitrogen and oxygen atoms in total. The van der Waals surface area contributed by atoms with Crippen molar-refractivity contribution in [1.82, 2.24) is 53.2 Å². The van der Waals surface area contributed by atoms with Gasteiger partial charge < -0.3 is 127 Å². The lowest BCUT2D eigenvalue weighted by atomic mass is 9.49. The van der Waals surface area contributed by atoms with Crippen molar-refractivity contribution in [2.45, 2.75) is 250 Å². The van der Waals surface area contributed by atoms with E-state index in [4.69, 9.17) is 58.8 Å². The number of primary amides is 1. The zero-order valence-corrected chi connectivity index (χ0v) is 83.9. The third-order valence-electron chi connectivity index (χ3n) is 28.9. The van der Waals surface area contributed by atoms with E-state index in [1.54, 1.807) is 26.0 Å². The van der Waals surface area contributed by atoms with Gasteiger partial charge in [-0.3, -0.25) is 48.5 Å². The number of likely N-dealkylation sites (N-methyl/N-ethyl adjacent to an activating group) is 1. The van der Waals surface area contributed by atoms with Crippen LogP contribution in [-0.2, 0) is 114 Å². The number of aliphatic hydroxyl groups is 1. The third-order valence-corrected chi connectivity index (χ3v) is 28.9. The Morgan fingerprint density at radius 2 is 1.02 bits per heavy atom. The summed E-state index contributed by atoms with van der Waals surface area (Å²) in [6.45, 7) is 18.1. The number of hydrogen-bond donors (Lipinski definition) is 15. The molecular weight excluding hydrogens is 1790 g/mol. The minimum atomic E-state index is -1.56. The summed E-state index contributed by atoms with van der Waals surface area (Å²) < 4.78 is 57.6. The quantitative estimate of drug-likeness (QED) is 0.0156. The summed E-state index contributed by atoms with van der Waals surface area (Å²) in [5.41, 5.74) is 15.4. The molecule has 12 amide bonds. The van der Waals surface area contributed by atoms with Crippen molar-refractivity contribution in [1.29, 1.82) is 0 Å². The lowest BCUT2D eigenvalue weighted by molar-refractivity contribution is -0.869. The van der Waals surface area contributed by atoms with Crippen LogP contribution in [0.15, 0.2) is 47.8 Å². The Hall–Kier alpha value is -9.33. The van der Waals surface area contributed by atoms with Crippen LogP contribution in [0.1, 0.15) is 218 Å². The van der Waals surface area contributed by atoms with Crippen LogP contribution in [0, 0.1) is 58.2 Å². The number of ether oxygens (including phenoxy) is 10. The summed E-state index contributed by atoms with van der Waals surface area (Å²) in [5.74, 6) is 2.58. The SMILES string of the molecule is CC(C)[C@H](NC(=O)[C@@H](CCCCNC(=O)COC1CCCCC/C(NCCOCCOCCOCCOCCC(=O)NCC[N+](C)(C)C)=C\1N)NC(=O)CCOCCOCCOCCOCCNC(=O)OC[C@@H]1[C@@H]2CCC#CCC[C@@H]21)C(=O)N[C@@H](CCCNC(N)=O)C(=O)N[C@@H](CO)C(=O)Nc1ccc2c(c1)[C@@]1(C)CCC[C@](C)(C(=O)NC(=O)[C@@]3(C)CCC[C@]4(C)c5cc(O)ccc5CC[C@@H]34)[C@@H]1CC2. The summed E-state index contributed by atoms with van der Waals surface area (Å²) in [5, 5.41) is 52.7. The van der Waals surface area contributed by atoms with Gasteiger partial charge in [-0.05, 0) is 208 Å². The highest BCUT2D eigenvalue weighted by Crippen LogP contribution is 2.60. The Kier molecular flexibility index (Phi) is 47.0. The second kappa shape index (κ2) is 57.7. The number of hydrogen-bond acceptors (Lipinski definition) is 25. The number of fused-ring (bicyclic) bond motifs is 7. The van der Waals surface area contributed by atoms with Gasteiger partial charge in [-0.15, -0.1) is 11.8 Å². The fraction of sp³-hybridized carbons (Fsp3) is 0.735. The van der Waals surface area contributed by atoms with Crippen molar-refractivity contribution >= 4 is 71.0 Å². The lowest BCUT2D eigenvalue weighted by Gasteiger charge is -2.56. The highest BCUT2D eigenvalue weighted by Gasteiger charge is 2.59. The van der Waals surface area contributed by atoms with Crippen molar-refractivity contribution in [2.75, 3.05) is 191 Å². The summed E-state index contributed by atoms with van der Waals surface area (Å²) in [6.07, 6.45) is 14.9. The molecule has 9 rings (SSSR count). The molecule has 7 aliphatic rings. The van der Waals surface area contributed by atoms with Crippen molar-refractivity contribution in [2.24, 2.45) is 57.8 Å². The Morgan fingerprint density at radius 3 is 1.60 bits per heavy atom. The van der Waals surface area contributed by atoms with Gasteiger partial charge in [0, 0.05) is 63.2 Å². The minimum Gasteiger partial charge on any atom is -0.508 e. The zero-order chi connectivity index (χ0) is 100. The summed E-state index contributed by atoms with van der Waals surface area (Å²) in [6, 6.07) is 4.78. The number of anilines is 1. The number of carbonyl (C=O) groups excluding carboxylic acids is 11. The number of amides is 12. The van der Waals surface area contributed by atoms with Crippen LogP contribution in [0.4, 0.5) is 15.3 Å². The van der Waals surface area contributed by atoms with Gasteiger partial charge in [0.25, 0.3) is 0 Å². The smallest absolute Gasteiger partial charge is 0.407 e. The number of aliphatic hydroxyl groups excluding tert-OH is 1. The monoisotopic (exact) mass is 1950 g/mol. The van der Waals surface area contributed by atoms with E-state index in [9.17, 15) is 58.2 Å². The molecule has 778 valence electrons. The predicted octanol–water partition coefficient (Wildman–Crippen LogP) is 6.03. The van der Waals surface area contributed by atoms with E-state index in [1.165, 1.54) is 5.56 Å². The van der Waals surface area contributed by atoms with Gasteiger partial charge in [-0.2, -0.15) is 0 Å². The molecule has 14 atom stereocenters. The third kappa shape index (κ3) is 35.9. The molecular formula is C102H163N14O23+. The van der Waals surface area contributed by atoms with Crippen LogP contribution in [0.5, 0.6) is 5.75 Å². The van der Waals surface area contributed by atoms with Gasteiger partial charge >= 0.3 is 12.1 Å². The molecule has 0 spiro atoms. The van der Waals surface area contributed by atoms with Gasteiger partial charge in [0.2, 0.25) is 53.2 Å². The Balaban J connectivity index is 0.740.